The maximum Gasteiger partial charge on any atom is 0.326 e. The first-order valence-electron chi connectivity index (χ1n) is 7.98. The van der Waals surface area contributed by atoms with Gasteiger partial charge in [0.15, 0.2) is 0 Å². The van der Waals surface area contributed by atoms with Gasteiger partial charge in [0.25, 0.3) is 0 Å². The van der Waals surface area contributed by atoms with Crippen LogP contribution in [-0.2, 0) is 0 Å². The van der Waals surface area contributed by atoms with E-state index in [-0.39, 0.29) is 18.0 Å². The van der Waals surface area contributed by atoms with Crippen molar-refractivity contribution in [3.8, 4) is 18.0 Å². The number of ether oxygens (including phenoxy) is 3. The highest BCUT2D eigenvalue weighted by Gasteiger charge is 2.10. The summed E-state index contributed by atoms with van der Waals surface area (Å²) in [5.41, 5.74) is 3.24. The Morgan fingerprint density at radius 3 is 1.08 bits per heavy atom. The standard InChI is InChI=1S/C18H27N3O3/c1-7-13(4)10-22-16-19-17(23-11-14(5)8-2)21-18(20-16)24-12-15(6)9-3/h7-9H,10-12H2,1-6H3/b13-7-,14-8-,15-9+. The van der Waals surface area contributed by atoms with Crippen molar-refractivity contribution in [3.63, 3.8) is 0 Å². The molecular weight excluding hydrogens is 306 g/mol. The molecule has 0 amide bonds. The predicted octanol–water partition coefficient (Wildman–Crippen LogP) is 3.91. The number of rotatable bonds is 9. The number of allylic oxidation sites excluding steroid dienone is 3. The van der Waals surface area contributed by atoms with Crippen LogP contribution in [0.1, 0.15) is 41.5 Å². The van der Waals surface area contributed by atoms with Crippen LogP contribution >= 0.6 is 0 Å². The quantitative estimate of drug-likeness (QED) is 0.638. The molecule has 1 heterocycles. The average Bonchev–Trinajstić information content (AvgIpc) is 2.61. The minimum atomic E-state index is 0.187. The lowest BCUT2D eigenvalue weighted by molar-refractivity contribution is 0.260. The second-order valence-electron chi connectivity index (χ2n) is 5.45. The summed E-state index contributed by atoms with van der Waals surface area (Å²) in [7, 11) is 0. The van der Waals surface area contributed by atoms with Crippen molar-refractivity contribution in [1.29, 1.82) is 0 Å². The van der Waals surface area contributed by atoms with Crippen LogP contribution < -0.4 is 14.2 Å². The van der Waals surface area contributed by atoms with Crippen molar-refractivity contribution in [2.45, 2.75) is 41.5 Å². The van der Waals surface area contributed by atoms with Crippen LogP contribution in [0.25, 0.3) is 0 Å². The smallest absolute Gasteiger partial charge is 0.326 e. The lowest BCUT2D eigenvalue weighted by Gasteiger charge is -2.10. The fourth-order valence-corrected chi connectivity index (χ4v) is 1.30. The van der Waals surface area contributed by atoms with Crippen LogP contribution in [-0.4, -0.2) is 34.8 Å². The number of aromatic nitrogens is 3. The van der Waals surface area contributed by atoms with Gasteiger partial charge in [-0.3, -0.25) is 0 Å². The molecule has 1 aromatic heterocycles. The van der Waals surface area contributed by atoms with Crippen LogP contribution in [0.4, 0.5) is 0 Å². The maximum atomic E-state index is 5.59. The van der Waals surface area contributed by atoms with Gasteiger partial charge in [0.1, 0.15) is 19.8 Å². The normalized spacial score (nSPS) is 13.0. The van der Waals surface area contributed by atoms with Gasteiger partial charge in [-0.2, -0.15) is 0 Å². The monoisotopic (exact) mass is 333 g/mol. The predicted molar refractivity (Wildman–Crippen MR) is 94.6 cm³/mol. The van der Waals surface area contributed by atoms with E-state index >= 15 is 0 Å². The molecule has 0 spiro atoms. The molecule has 0 N–H and O–H groups in total. The maximum absolute atomic E-state index is 5.59. The van der Waals surface area contributed by atoms with Crippen molar-refractivity contribution < 1.29 is 14.2 Å². The van der Waals surface area contributed by atoms with E-state index in [9.17, 15) is 0 Å². The van der Waals surface area contributed by atoms with Crippen LogP contribution in [0.15, 0.2) is 34.9 Å². The molecule has 0 saturated carbocycles. The highest BCUT2D eigenvalue weighted by Crippen LogP contribution is 2.16. The highest BCUT2D eigenvalue weighted by atomic mass is 16.5. The van der Waals surface area contributed by atoms with Gasteiger partial charge >= 0.3 is 18.0 Å². The Balaban J connectivity index is 2.90. The largest absolute Gasteiger partial charge is 0.459 e. The molecule has 0 aliphatic heterocycles. The highest BCUT2D eigenvalue weighted by molar-refractivity contribution is 5.12. The summed E-state index contributed by atoms with van der Waals surface area (Å²) < 4.78 is 16.8. The second kappa shape index (κ2) is 10.4. The Morgan fingerprint density at radius 1 is 0.625 bits per heavy atom. The van der Waals surface area contributed by atoms with E-state index < -0.39 is 0 Å². The lowest BCUT2D eigenvalue weighted by Crippen LogP contribution is -2.10. The average molecular weight is 333 g/mol. The molecule has 6 nitrogen and oxygen atoms in total. The molecule has 0 aliphatic carbocycles. The number of nitrogens with zero attached hydrogens (tertiary/aromatic N) is 3. The summed E-state index contributed by atoms with van der Waals surface area (Å²) in [6.45, 7) is 13.0. The SMILES string of the molecule is C/C=C(/C)COc1nc(OC/C(C)=C\C)nc(OC/C(C)=C/C)n1. The molecular formula is C18H27N3O3. The van der Waals surface area contributed by atoms with Gasteiger partial charge in [0, 0.05) is 0 Å². The summed E-state index contributed by atoms with van der Waals surface area (Å²) in [5, 5.41) is 0. The molecule has 0 unspecified atom stereocenters. The third-order valence-electron chi connectivity index (χ3n) is 3.34. The summed E-state index contributed by atoms with van der Waals surface area (Å²) in [6.07, 6.45) is 5.92. The first kappa shape index (κ1) is 19.7. The molecule has 0 radical (unpaired) electrons. The van der Waals surface area contributed by atoms with Gasteiger partial charge in [-0.25, -0.2) is 0 Å². The molecule has 6 heteroatoms. The number of hydrogen-bond donors (Lipinski definition) is 0. The van der Waals surface area contributed by atoms with E-state index in [0.717, 1.165) is 16.7 Å². The lowest BCUT2D eigenvalue weighted by atomic mass is 10.3. The van der Waals surface area contributed by atoms with Crippen molar-refractivity contribution in [2.75, 3.05) is 19.8 Å². The third kappa shape index (κ3) is 7.26. The fraction of sp³-hybridized carbons (Fsp3) is 0.500. The molecule has 1 rings (SSSR count). The molecule has 132 valence electrons. The van der Waals surface area contributed by atoms with Crippen molar-refractivity contribution in [2.24, 2.45) is 0 Å². The minimum absolute atomic E-state index is 0.187. The zero-order valence-electron chi connectivity index (χ0n) is 15.4. The minimum Gasteiger partial charge on any atom is -0.459 e. The Bertz CT molecular complexity index is 524. The van der Waals surface area contributed by atoms with Gasteiger partial charge in [0.05, 0.1) is 0 Å². The van der Waals surface area contributed by atoms with E-state index in [1.165, 1.54) is 0 Å². The van der Waals surface area contributed by atoms with Crippen molar-refractivity contribution in [1.82, 2.24) is 15.0 Å². The zero-order valence-corrected chi connectivity index (χ0v) is 15.4. The van der Waals surface area contributed by atoms with Gasteiger partial charge in [-0.15, -0.1) is 15.0 Å². The summed E-state index contributed by atoms with van der Waals surface area (Å²) >= 11 is 0. The third-order valence-corrected chi connectivity index (χ3v) is 3.34. The molecule has 0 fully saturated rings. The number of hydrogen-bond acceptors (Lipinski definition) is 6. The van der Waals surface area contributed by atoms with Gasteiger partial charge in [0.2, 0.25) is 0 Å². The van der Waals surface area contributed by atoms with Crippen LogP contribution in [0.3, 0.4) is 0 Å². The van der Waals surface area contributed by atoms with E-state index in [2.05, 4.69) is 15.0 Å². The van der Waals surface area contributed by atoms with Crippen LogP contribution in [0.2, 0.25) is 0 Å². The van der Waals surface area contributed by atoms with E-state index in [4.69, 9.17) is 14.2 Å². The molecule has 0 aliphatic rings. The second-order valence-corrected chi connectivity index (χ2v) is 5.45. The van der Waals surface area contributed by atoms with Crippen molar-refractivity contribution in [3.05, 3.63) is 34.9 Å². The molecule has 24 heavy (non-hydrogen) atoms. The Labute approximate surface area is 144 Å². The topological polar surface area (TPSA) is 66.4 Å². The Kier molecular flexibility index (Phi) is 8.54. The summed E-state index contributed by atoms with van der Waals surface area (Å²) in [6, 6.07) is 0.562. The first-order valence-corrected chi connectivity index (χ1v) is 7.98. The van der Waals surface area contributed by atoms with Crippen LogP contribution in [0.5, 0.6) is 18.0 Å². The molecule has 0 aromatic carbocycles. The molecule has 1 aromatic rings. The molecule has 0 atom stereocenters. The molecule has 0 bridgehead atoms. The van der Waals surface area contributed by atoms with Crippen LogP contribution in [0, 0.1) is 0 Å². The Hall–Kier alpha value is -2.37. The zero-order chi connectivity index (χ0) is 17.9. The van der Waals surface area contributed by atoms with Gasteiger partial charge < -0.3 is 14.2 Å². The van der Waals surface area contributed by atoms with E-state index in [0.29, 0.717) is 19.8 Å². The Morgan fingerprint density at radius 2 is 0.875 bits per heavy atom. The van der Waals surface area contributed by atoms with E-state index in [1.54, 1.807) is 0 Å². The van der Waals surface area contributed by atoms with Crippen molar-refractivity contribution >= 4 is 0 Å². The summed E-state index contributed by atoms with van der Waals surface area (Å²) in [5.74, 6) is 0. The molecule has 0 saturated heterocycles. The van der Waals surface area contributed by atoms with Gasteiger partial charge in [-0.05, 0) is 58.3 Å². The van der Waals surface area contributed by atoms with Gasteiger partial charge in [-0.1, -0.05) is 18.2 Å². The van der Waals surface area contributed by atoms with E-state index in [1.807, 2.05) is 59.8 Å². The fourth-order valence-electron chi connectivity index (χ4n) is 1.30. The first-order chi connectivity index (χ1) is 11.5. The summed E-state index contributed by atoms with van der Waals surface area (Å²) in [4.78, 5) is 12.5.